The second-order valence-corrected chi connectivity index (χ2v) is 4.84. The van der Waals surface area contributed by atoms with Gasteiger partial charge in [-0.15, -0.1) is 0 Å². The molecule has 2 aromatic rings. The summed E-state index contributed by atoms with van der Waals surface area (Å²) in [5.74, 6) is -0.539. The maximum atomic E-state index is 12.2. The fourth-order valence-electron chi connectivity index (χ4n) is 2.39. The Labute approximate surface area is 134 Å². The Kier molecular flexibility index (Phi) is 5.05. The van der Waals surface area contributed by atoms with Gasteiger partial charge in [-0.25, -0.2) is 9.59 Å². The molecule has 6 nitrogen and oxygen atoms in total. The number of hydrogen-bond acceptors (Lipinski definition) is 4. The molecule has 2 rings (SSSR count). The first kappa shape index (κ1) is 16.6. The molecule has 6 heteroatoms. The van der Waals surface area contributed by atoms with E-state index in [9.17, 15) is 14.7 Å². The summed E-state index contributed by atoms with van der Waals surface area (Å²) in [5.41, 5.74) is -0.0636. The van der Waals surface area contributed by atoms with Crippen LogP contribution in [-0.4, -0.2) is 42.3 Å². The van der Waals surface area contributed by atoms with Crippen LogP contribution in [0.5, 0.6) is 11.5 Å². The largest absolute Gasteiger partial charge is 0.496 e. The first-order valence-electron chi connectivity index (χ1n) is 7.33. The first-order chi connectivity index (χ1) is 11.0. The van der Waals surface area contributed by atoms with Gasteiger partial charge in [0, 0.05) is 23.9 Å². The molecule has 0 aliphatic rings. The summed E-state index contributed by atoms with van der Waals surface area (Å²) in [6.07, 6.45) is -0.576. The minimum atomic E-state index is -1.16. The lowest BCUT2D eigenvalue weighted by molar-refractivity contribution is 0.0693. The molecule has 0 aliphatic heterocycles. The number of carboxylic acid groups (broad SMARTS) is 1. The van der Waals surface area contributed by atoms with Crippen LogP contribution in [0.15, 0.2) is 30.3 Å². The number of benzene rings is 2. The predicted molar refractivity (Wildman–Crippen MR) is 86.4 cm³/mol. The van der Waals surface area contributed by atoms with Crippen LogP contribution in [0.25, 0.3) is 10.8 Å². The number of hydrogen-bond donors (Lipinski definition) is 1. The number of fused-ring (bicyclic) bond motifs is 1. The Morgan fingerprint density at radius 2 is 1.78 bits per heavy atom. The van der Waals surface area contributed by atoms with E-state index < -0.39 is 12.1 Å². The molecule has 0 saturated heterocycles. The van der Waals surface area contributed by atoms with Crippen molar-refractivity contribution < 1.29 is 24.2 Å². The number of carboxylic acids is 1. The molecular formula is C17H19NO5. The van der Waals surface area contributed by atoms with E-state index >= 15 is 0 Å². The summed E-state index contributed by atoms with van der Waals surface area (Å²) >= 11 is 0. The van der Waals surface area contributed by atoms with Crippen molar-refractivity contribution in [2.45, 2.75) is 13.8 Å². The van der Waals surface area contributed by atoms with Crippen molar-refractivity contribution in [2.75, 3.05) is 20.2 Å². The number of carbonyl (C=O) groups excluding carboxylic acids is 1. The van der Waals surface area contributed by atoms with E-state index in [1.54, 1.807) is 24.3 Å². The summed E-state index contributed by atoms with van der Waals surface area (Å²) in [6, 6.07) is 8.25. The van der Waals surface area contributed by atoms with Gasteiger partial charge in [0.25, 0.3) is 0 Å². The third-order valence-corrected chi connectivity index (χ3v) is 3.63. The van der Waals surface area contributed by atoms with Crippen LogP contribution in [0.2, 0.25) is 0 Å². The molecule has 122 valence electrons. The van der Waals surface area contributed by atoms with Gasteiger partial charge in [-0.05, 0) is 32.0 Å². The molecule has 0 heterocycles. The van der Waals surface area contributed by atoms with Crippen LogP contribution in [0.3, 0.4) is 0 Å². The lowest BCUT2D eigenvalue weighted by Crippen LogP contribution is -2.33. The van der Waals surface area contributed by atoms with Crippen LogP contribution >= 0.6 is 0 Å². The summed E-state index contributed by atoms with van der Waals surface area (Å²) < 4.78 is 10.7. The number of amides is 1. The average molecular weight is 317 g/mol. The zero-order valence-corrected chi connectivity index (χ0v) is 13.3. The maximum absolute atomic E-state index is 12.2. The molecule has 1 N–H and O–H groups in total. The van der Waals surface area contributed by atoms with Gasteiger partial charge >= 0.3 is 12.1 Å². The molecular weight excluding hydrogens is 298 g/mol. The topological polar surface area (TPSA) is 76.1 Å². The Morgan fingerprint density at radius 1 is 1.09 bits per heavy atom. The zero-order chi connectivity index (χ0) is 17.0. The van der Waals surface area contributed by atoms with Crippen molar-refractivity contribution >= 4 is 22.8 Å². The van der Waals surface area contributed by atoms with Crippen molar-refractivity contribution in [3.05, 3.63) is 35.9 Å². The van der Waals surface area contributed by atoms with Gasteiger partial charge in [0.15, 0.2) is 5.75 Å². The molecule has 0 fully saturated rings. The lowest BCUT2D eigenvalue weighted by Gasteiger charge is -2.19. The van der Waals surface area contributed by atoms with Gasteiger partial charge in [0.1, 0.15) is 11.3 Å². The summed E-state index contributed by atoms with van der Waals surface area (Å²) in [7, 11) is 1.53. The summed E-state index contributed by atoms with van der Waals surface area (Å²) in [4.78, 5) is 25.2. The van der Waals surface area contributed by atoms with Gasteiger partial charge in [-0.1, -0.05) is 12.1 Å². The number of methoxy groups -OCH3 is 1. The molecule has 0 spiro atoms. The van der Waals surface area contributed by atoms with Gasteiger partial charge in [0.05, 0.1) is 7.11 Å². The van der Waals surface area contributed by atoms with Crippen molar-refractivity contribution in [1.29, 1.82) is 0 Å². The van der Waals surface area contributed by atoms with Gasteiger partial charge < -0.3 is 19.5 Å². The van der Waals surface area contributed by atoms with Crippen LogP contribution in [0.1, 0.15) is 24.2 Å². The number of aromatic carboxylic acids is 1. The summed E-state index contributed by atoms with van der Waals surface area (Å²) in [6.45, 7) is 4.61. The van der Waals surface area contributed by atoms with Crippen molar-refractivity contribution in [3.63, 3.8) is 0 Å². The molecule has 1 amide bonds. The van der Waals surface area contributed by atoms with Gasteiger partial charge in [-0.2, -0.15) is 0 Å². The Balaban J connectivity index is 2.60. The molecule has 0 unspecified atom stereocenters. The second-order valence-electron chi connectivity index (χ2n) is 4.84. The SMILES string of the molecule is CCN(CC)C(=O)Oc1c(C(=O)O)ccc2c(OC)cccc12. The average Bonchev–Trinajstić information content (AvgIpc) is 2.55. The standard InChI is InChI=1S/C17H19NO5/c1-4-18(5-2)17(21)23-15-12-7-6-8-14(22-3)11(12)9-10-13(15)16(19)20/h6-10H,4-5H2,1-3H3,(H,19,20). The van der Waals surface area contributed by atoms with E-state index in [-0.39, 0.29) is 11.3 Å². The van der Waals surface area contributed by atoms with Crippen LogP contribution in [-0.2, 0) is 0 Å². The lowest BCUT2D eigenvalue weighted by atomic mass is 10.0. The second kappa shape index (κ2) is 7.00. The molecule has 0 bridgehead atoms. The highest BCUT2D eigenvalue weighted by molar-refractivity contribution is 6.03. The maximum Gasteiger partial charge on any atom is 0.415 e. The third-order valence-electron chi connectivity index (χ3n) is 3.63. The molecule has 0 aliphatic carbocycles. The van der Waals surface area contributed by atoms with E-state index in [1.807, 2.05) is 13.8 Å². The minimum absolute atomic E-state index is 0.0331. The number of rotatable bonds is 5. The Bertz CT molecular complexity index is 737. The van der Waals surface area contributed by atoms with E-state index in [4.69, 9.17) is 9.47 Å². The Morgan fingerprint density at radius 3 is 2.35 bits per heavy atom. The molecule has 0 atom stereocenters. The normalized spacial score (nSPS) is 10.4. The number of nitrogens with zero attached hydrogens (tertiary/aromatic N) is 1. The van der Waals surface area contributed by atoms with Crippen molar-refractivity contribution in [2.24, 2.45) is 0 Å². The highest BCUT2D eigenvalue weighted by Crippen LogP contribution is 2.35. The van der Waals surface area contributed by atoms with Gasteiger partial charge in [0.2, 0.25) is 0 Å². The zero-order valence-electron chi connectivity index (χ0n) is 13.3. The minimum Gasteiger partial charge on any atom is -0.496 e. The number of carbonyl (C=O) groups is 2. The van der Waals surface area contributed by atoms with E-state index in [0.29, 0.717) is 29.6 Å². The molecule has 2 aromatic carbocycles. The quantitative estimate of drug-likeness (QED) is 0.914. The molecule has 0 saturated carbocycles. The van der Waals surface area contributed by atoms with Crippen LogP contribution in [0.4, 0.5) is 4.79 Å². The van der Waals surface area contributed by atoms with E-state index in [1.165, 1.54) is 18.1 Å². The van der Waals surface area contributed by atoms with E-state index in [2.05, 4.69) is 0 Å². The summed E-state index contributed by atoms with van der Waals surface area (Å²) in [5, 5.41) is 10.6. The fraction of sp³-hybridized carbons (Fsp3) is 0.294. The molecule has 23 heavy (non-hydrogen) atoms. The third kappa shape index (κ3) is 3.21. The van der Waals surface area contributed by atoms with Crippen molar-refractivity contribution in [3.8, 4) is 11.5 Å². The fourth-order valence-corrected chi connectivity index (χ4v) is 2.39. The molecule has 0 aromatic heterocycles. The molecule has 0 radical (unpaired) electrons. The van der Waals surface area contributed by atoms with Gasteiger partial charge in [-0.3, -0.25) is 0 Å². The smallest absolute Gasteiger partial charge is 0.415 e. The van der Waals surface area contributed by atoms with Crippen LogP contribution < -0.4 is 9.47 Å². The number of ether oxygens (including phenoxy) is 2. The highest BCUT2D eigenvalue weighted by Gasteiger charge is 2.21. The van der Waals surface area contributed by atoms with Crippen molar-refractivity contribution in [1.82, 2.24) is 4.90 Å². The highest BCUT2D eigenvalue weighted by atomic mass is 16.6. The van der Waals surface area contributed by atoms with Crippen LogP contribution in [0, 0.1) is 0 Å². The predicted octanol–water partition coefficient (Wildman–Crippen LogP) is 3.39. The Hall–Kier alpha value is -2.76. The van der Waals surface area contributed by atoms with E-state index in [0.717, 1.165) is 0 Å². The first-order valence-corrected chi connectivity index (χ1v) is 7.33. The monoisotopic (exact) mass is 317 g/mol.